The van der Waals surface area contributed by atoms with Crippen molar-refractivity contribution in [2.75, 3.05) is 0 Å². The molecule has 0 radical (unpaired) electrons. The molecule has 0 aliphatic rings. The summed E-state index contributed by atoms with van der Waals surface area (Å²) in [5.74, 6) is -1.33. The van der Waals surface area contributed by atoms with E-state index in [1.165, 1.54) is 18.2 Å². The van der Waals surface area contributed by atoms with Crippen LogP contribution in [0.5, 0.6) is 5.75 Å². The summed E-state index contributed by atoms with van der Waals surface area (Å²) in [4.78, 5) is 11.6. The van der Waals surface area contributed by atoms with Crippen molar-refractivity contribution in [3.8, 4) is 11.8 Å². The minimum Gasteiger partial charge on any atom is -0.488 e. The van der Waals surface area contributed by atoms with Gasteiger partial charge >= 0.3 is 5.97 Å². The highest BCUT2D eigenvalue weighted by atomic mass is 32.1. The zero-order chi connectivity index (χ0) is 13.8. The molecule has 0 aliphatic carbocycles. The molecule has 0 fully saturated rings. The minimum atomic E-state index is -0.985. The van der Waals surface area contributed by atoms with Crippen LogP contribution >= 0.6 is 11.3 Å². The second kappa shape index (κ2) is 5.50. The van der Waals surface area contributed by atoms with Crippen LogP contribution in [0.4, 0.5) is 4.39 Å². The maximum atomic E-state index is 13.3. The summed E-state index contributed by atoms with van der Waals surface area (Å²) in [5.41, 5.74) is -0.0448. The van der Waals surface area contributed by atoms with Crippen LogP contribution in [0.3, 0.4) is 0 Å². The fraction of sp³-hybridized carbons (Fsp3) is 0.0769. The van der Waals surface area contributed by atoms with E-state index in [1.807, 2.05) is 0 Å². The van der Waals surface area contributed by atoms with E-state index < -0.39 is 11.8 Å². The van der Waals surface area contributed by atoms with Crippen LogP contribution in [0.15, 0.2) is 30.3 Å². The van der Waals surface area contributed by atoms with Gasteiger partial charge in [0.05, 0.1) is 5.56 Å². The molecular weight excluding hydrogens is 269 g/mol. The standard InChI is InChI=1S/C13H8FNO3S/c14-11-5-9(2-1-8(11)6-15)18-7-10-3-4-12(19-10)13(16)17/h1-5H,7H2,(H,16,17). The molecule has 0 spiro atoms. The number of halogens is 1. The lowest BCUT2D eigenvalue weighted by Gasteiger charge is -2.04. The fourth-order valence-electron chi connectivity index (χ4n) is 1.40. The second-order valence-corrected chi connectivity index (χ2v) is 4.78. The van der Waals surface area contributed by atoms with E-state index in [4.69, 9.17) is 15.1 Å². The van der Waals surface area contributed by atoms with Crippen molar-refractivity contribution in [3.05, 3.63) is 51.5 Å². The molecule has 0 aliphatic heterocycles. The summed E-state index contributed by atoms with van der Waals surface area (Å²) in [7, 11) is 0. The van der Waals surface area contributed by atoms with Gasteiger partial charge in [0.1, 0.15) is 29.1 Å². The van der Waals surface area contributed by atoms with Crippen molar-refractivity contribution in [1.82, 2.24) is 0 Å². The Bertz CT molecular complexity index is 660. The lowest BCUT2D eigenvalue weighted by atomic mass is 10.2. The molecule has 2 rings (SSSR count). The van der Waals surface area contributed by atoms with Crippen molar-refractivity contribution < 1.29 is 19.0 Å². The number of carboxylic acid groups (broad SMARTS) is 1. The number of ether oxygens (including phenoxy) is 1. The molecule has 0 saturated carbocycles. The van der Waals surface area contributed by atoms with Crippen LogP contribution in [0, 0.1) is 17.1 Å². The molecule has 96 valence electrons. The number of nitriles is 1. The molecular formula is C13H8FNO3S. The highest BCUT2D eigenvalue weighted by Gasteiger charge is 2.08. The number of thiophene rings is 1. The predicted octanol–water partition coefficient (Wildman–Crippen LogP) is 3.04. The SMILES string of the molecule is N#Cc1ccc(OCc2ccc(C(=O)O)s2)cc1F. The van der Waals surface area contributed by atoms with Gasteiger partial charge in [-0.25, -0.2) is 9.18 Å². The smallest absolute Gasteiger partial charge is 0.345 e. The van der Waals surface area contributed by atoms with Gasteiger partial charge in [0, 0.05) is 10.9 Å². The zero-order valence-electron chi connectivity index (χ0n) is 9.59. The lowest BCUT2D eigenvalue weighted by molar-refractivity contribution is 0.0702. The summed E-state index contributed by atoms with van der Waals surface area (Å²) in [5, 5.41) is 17.4. The van der Waals surface area contributed by atoms with Crippen LogP contribution in [-0.2, 0) is 6.61 Å². The van der Waals surface area contributed by atoms with Gasteiger partial charge in [0.2, 0.25) is 0 Å². The molecule has 6 heteroatoms. The number of nitrogens with zero attached hydrogens (tertiary/aromatic N) is 1. The van der Waals surface area contributed by atoms with Crippen LogP contribution in [-0.4, -0.2) is 11.1 Å². The summed E-state index contributed by atoms with van der Waals surface area (Å²) < 4.78 is 18.6. The quantitative estimate of drug-likeness (QED) is 0.932. The predicted molar refractivity (Wildman–Crippen MR) is 66.7 cm³/mol. The number of rotatable bonds is 4. The Morgan fingerprint density at radius 1 is 1.42 bits per heavy atom. The van der Waals surface area contributed by atoms with E-state index in [0.29, 0.717) is 5.75 Å². The van der Waals surface area contributed by atoms with Gasteiger partial charge in [-0.2, -0.15) is 5.26 Å². The van der Waals surface area contributed by atoms with Crippen LogP contribution in [0.2, 0.25) is 0 Å². The van der Waals surface area contributed by atoms with E-state index in [0.717, 1.165) is 22.3 Å². The third kappa shape index (κ3) is 3.09. The third-order valence-electron chi connectivity index (χ3n) is 2.31. The molecule has 1 aromatic heterocycles. The first-order chi connectivity index (χ1) is 9.10. The van der Waals surface area contributed by atoms with Gasteiger partial charge in [-0.05, 0) is 24.3 Å². The Kier molecular flexibility index (Phi) is 3.78. The lowest BCUT2D eigenvalue weighted by Crippen LogP contribution is -1.94. The summed E-state index contributed by atoms with van der Waals surface area (Å²) in [6, 6.07) is 8.81. The van der Waals surface area contributed by atoms with E-state index in [1.54, 1.807) is 12.1 Å². The third-order valence-corrected chi connectivity index (χ3v) is 3.36. The van der Waals surface area contributed by atoms with Crippen LogP contribution in [0.25, 0.3) is 0 Å². The normalized spacial score (nSPS) is 9.89. The average Bonchev–Trinajstić information content (AvgIpc) is 2.85. The highest BCUT2D eigenvalue weighted by Crippen LogP contribution is 2.21. The Balaban J connectivity index is 2.04. The molecule has 0 unspecified atom stereocenters. The molecule has 4 nitrogen and oxygen atoms in total. The van der Waals surface area contributed by atoms with Gasteiger partial charge in [0.15, 0.2) is 0 Å². The van der Waals surface area contributed by atoms with E-state index in [-0.39, 0.29) is 17.0 Å². The summed E-state index contributed by atoms with van der Waals surface area (Å²) in [6.45, 7) is 0.156. The Morgan fingerprint density at radius 2 is 2.21 bits per heavy atom. The van der Waals surface area contributed by atoms with Crippen molar-refractivity contribution in [3.63, 3.8) is 0 Å². The monoisotopic (exact) mass is 277 g/mol. The highest BCUT2D eigenvalue weighted by molar-refractivity contribution is 7.13. The summed E-state index contributed by atoms with van der Waals surface area (Å²) >= 11 is 1.10. The first-order valence-electron chi connectivity index (χ1n) is 5.24. The van der Waals surface area contributed by atoms with Gasteiger partial charge in [0.25, 0.3) is 0 Å². The van der Waals surface area contributed by atoms with E-state index >= 15 is 0 Å². The number of hydrogen-bond donors (Lipinski definition) is 1. The van der Waals surface area contributed by atoms with Crippen molar-refractivity contribution in [2.24, 2.45) is 0 Å². The molecule has 19 heavy (non-hydrogen) atoms. The topological polar surface area (TPSA) is 70.3 Å². The molecule has 1 N–H and O–H groups in total. The molecule has 1 aromatic carbocycles. The largest absolute Gasteiger partial charge is 0.488 e. The summed E-state index contributed by atoms with van der Waals surface area (Å²) in [6.07, 6.45) is 0. The van der Waals surface area contributed by atoms with Gasteiger partial charge < -0.3 is 9.84 Å². The number of benzene rings is 1. The minimum absolute atomic E-state index is 0.0448. The van der Waals surface area contributed by atoms with Crippen LogP contribution in [0.1, 0.15) is 20.1 Å². The fourth-order valence-corrected chi connectivity index (χ4v) is 2.16. The van der Waals surface area contributed by atoms with E-state index in [9.17, 15) is 9.18 Å². The average molecular weight is 277 g/mol. The molecule has 0 atom stereocenters. The van der Waals surface area contributed by atoms with Gasteiger partial charge in [-0.15, -0.1) is 11.3 Å². The zero-order valence-corrected chi connectivity index (χ0v) is 10.4. The number of aromatic carboxylic acids is 1. The Hall–Kier alpha value is -2.39. The second-order valence-electron chi connectivity index (χ2n) is 3.61. The van der Waals surface area contributed by atoms with Crippen molar-refractivity contribution in [1.29, 1.82) is 5.26 Å². The van der Waals surface area contributed by atoms with Crippen molar-refractivity contribution in [2.45, 2.75) is 6.61 Å². The van der Waals surface area contributed by atoms with E-state index in [2.05, 4.69) is 0 Å². The maximum absolute atomic E-state index is 13.3. The van der Waals surface area contributed by atoms with Gasteiger partial charge in [-0.1, -0.05) is 0 Å². The Morgan fingerprint density at radius 3 is 2.79 bits per heavy atom. The molecule has 0 bridgehead atoms. The first kappa shape index (κ1) is 13.1. The number of hydrogen-bond acceptors (Lipinski definition) is 4. The van der Waals surface area contributed by atoms with Gasteiger partial charge in [-0.3, -0.25) is 0 Å². The van der Waals surface area contributed by atoms with Crippen molar-refractivity contribution >= 4 is 17.3 Å². The molecule has 2 aromatic rings. The number of carboxylic acids is 1. The molecule has 1 heterocycles. The Labute approximate surface area is 112 Å². The molecule has 0 saturated heterocycles. The first-order valence-corrected chi connectivity index (χ1v) is 6.06. The van der Waals surface area contributed by atoms with Crippen LogP contribution < -0.4 is 4.74 Å². The maximum Gasteiger partial charge on any atom is 0.345 e. The number of carbonyl (C=O) groups is 1. The molecule has 0 amide bonds.